The maximum Gasteiger partial charge on any atom is 0.164 e. The van der Waals surface area contributed by atoms with Crippen LogP contribution in [0, 0.1) is 11.3 Å². The van der Waals surface area contributed by atoms with Gasteiger partial charge in [-0.05, 0) is 112 Å². The number of aromatic nitrogens is 3. The van der Waals surface area contributed by atoms with Crippen LogP contribution in [-0.2, 0) is 0 Å². The predicted molar refractivity (Wildman–Crippen MR) is 287 cm³/mol. The Morgan fingerprint density at radius 2 is 0.686 bits per heavy atom. The summed E-state index contributed by atoms with van der Waals surface area (Å²) in [5, 5.41) is 15.4. The van der Waals surface area contributed by atoms with Crippen molar-refractivity contribution in [2.45, 2.75) is 0 Å². The lowest BCUT2D eigenvalue weighted by molar-refractivity contribution is 1.07. The van der Waals surface area contributed by atoms with Crippen LogP contribution in [0.3, 0.4) is 0 Å². The first-order chi connectivity index (χ1) is 34.6. The van der Waals surface area contributed by atoms with E-state index in [1.165, 1.54) is 49.4 Å². The van der Waals surface area contributed by atoms with Crippen LogP contribution in [0.15, 0.2) is 243 Å². The second kappa shape index (κ2) is 16.9. The summed E-state index contributed by atoms with van der Waals surface area (Å²) in [7, 11) is 0. The van der Waals surface area contributed by atoms with Crippen molar-refractivity contribution >= 4 is 21.5 Å². The number of nitriles is 1. The molecule has 0 spiro atoms. The summed E-state index contributed by atoms with van der Waals surface area (Å²) >= 11 is 0. The van der Waals surface area contributed by atoms with E-state index in [9.17, 15) is 5.26 Å². The number of benzene rings is 11. The summed E-state index contributed by atoms with van der Waals surface area (Å²) in [5.41, 5.74) is 19.3. The van der Waals surface area contributed by atoms with Crippen molar-refractivity contribution in [2.24, 2.45) is 0 Å². The highest BCUT2D eigenvalue weighted by Gasteiger charge is 2.24. The third-order valence-electron chi connectivity index (χ3n) is 13.8. The van der Waals surface area contributed by atoms with Crippen molar-refractivity contribution < 1.29 is 0 Å². The van der Waals surface area contributed by atoms with Gasteiger partial charge < -0.3 is 0 Å². The maximum atomic E-state index is 10.5. The number of nitrogens with zero attached hydrogens (tertiary/aromatic N) is 4. The van der Waals surface area contributed by atoms with Crippen molar-refractivity contribution in [2.75, 3.05) is 0 Å². The molecule has 0 amide bonds. The van der Waals surface area contributed by atoms with Gasteiger partial charge >= 0.3 is 0 Å². The second-order valence-corrected chi connectivity index (χ2v) is 17.8. The highest BCUT2D eigenvalue weighted by Crippen LogP contribution is 2.50. The Morgan fingerprint density at radius 1 is 0.257 bits per heavy atom. The van der Waals surface area contributed by atoms with E-state index >= 15 is 0 Å². The van der Waals surface area contributed by atoms with Crippen LogP contribution in [-0.4, -0.2) is 15.0 Å². The van der Waals surface area contributed by atoms with Gasteiger partial charge in [-0.25, -0.2) is 15.0 Å². The molecule has 0 saturated carbocycles. The standard InChI is InChI=1S/C66H40N4/c67-41-51-36-35-48(40-62(51)57-23-9-6-20-54(57)58-37-38-61-56-22-8-7-21-55(56)59-25-12-26-60(58)63(59)61)44-29-27-42(28-30-44)43-31-33-47(34-32-43)65-68-64(46-14-2-1-3-15-46)69-66(70-65)50-18-10-17-49(39-50)53-24-11-16-45-13-4-5-19-52(45)53/h1-40H. The van der Waals surface area contributed by atoms with Crippen molar-refractivity contribution in [3.8, 4) is 118 Å². The fourth-order valence-electron chi connectivity index (χ4n) is 10.4. The summed E-state index contributed by atoms with van der Waals surface area (Å²) in [6.07, 6.45) is 0. The SMILES string of the molecule is N#Cc1ccc(-c2ccc(-c3ccc(-c4nc(-c5ccccc5)nc(-c5cccc(-c6cccc7ccccc67)c5)n4)cc3)cc2)cc1-c1ccccc1-c1ccc2c3c(cccc13)-c1ccccc1-2. The fourth-order valence-corrected chi connectivity index (χ4v) is 10.4. The number of hydrogen-bond acceptors (Lipinski definition) is 4. The molecule has 1 aromatic heterocycles. The molecular weight excluding hydrogens is 849 g/mol. The number of rotatable bonds is 8. The van der Waals surface area contributed by atoms with Crippen molar-refractivity contribution in [1.82, 2.24) is 15.0 Å². The van der Waals surface area contributed by atoms with Crippen LogP contribution in [0.2, 0.25) is 0 Å². The Balaban J connectivity index is 0.814. The van der Waals surface area contributed by atoms with Crippen molar-refractivity contribution in [1.29, 1.82) is 5.26 Å². The van der Waals surface area contributed by atoms with E-state index in [0.29, 0.717) is 23.0 Å². The lowest BCUT2D eigenvalue weighted by atomic mass is 9.87. The molecule has 13 rings (SSSR count). The molecule has 0 fully saturated rings. The molecule has 4 heteroatoms. The van der Waals surface area contributed by atoms with Crippen LogP contribution in [0.4, 0.5) is 0 Å². The van der Waals surface area contributed by atoms with E-state index in [4.69, 9.17) is 15.0 Å². The van der Waals surface area contributed by atoms with Gasteiger partial charge in [0.15, 0.2) is 17.5 Å². The second-order valence-electron chi connectivity index (χ2n) is 17.8. The zero-order valence-electron chi connectivity index (χ0n) is 37.9. The lowest BCUT2D eigenvalue weighted by Crippen LogP contribution is -2.00. The van der Waals surface area contributed by atoms with E-state index in [0.717, 1.165) is 66.8 Å². The minimum atomic E-state index is 0.610. The van der Waals surface area contributed by atoms with Crippen LogP contribution in [0.1, 0.15) is 5.56 Å². The van der Waals surface area contributed by atoms with E-state index < -0.39 is 0 Å². The molecule has 12 aromatic rings. The molecule has 0 unspecified atom stereocenters. The van der Waals surface area contributed by atoms with Gasteiger partial charge in [-0.15, -0.1) is 0 Å². The van der Waals surface area contributed by atoms with Gasteiger partial charge in [-0.1, -0.05) is 224 Å². The Hall–Kier alpha value is -9.56. The molecule has 0 bridgehead atoms. The van der Waals surface area contributed by atoms with E-state index in [2.05, 4.69) is 212 Å². The van der Waals surface area contributed by atoms with Gasteiger partial charge in [0, 0.05) is 22.3 Å². The average Bonchev–Trinajstić information content (AvgIpc) is 3.77. The van der Waals surface area contributed by atoms with Gasteiger partial charge in [-0.3, -0.25) is 0 Å². The average molecular weight is 889 g/mol. The highest BCUT2D eigenvalue weighted by atomic mass is 15.0. The molecule has 0 N–H and O–H groups in total. The van der Waals surface area contributed by atoms with Gasteiger partial charge in [0.1, 0.15) is 0 Å². The fraction of sp³-hybridized carbons (Fsp3) is 0. The van der Waals surface area contributed by atoms with Crippen LogP contribution in [0.5, 0.6) is 0 Å². The Bertz CT molecular complexity index is 4020. The zero-order valence-corrected chi connectivity index (χ0v) is 37.9. The first kappa shape index (κ1) is 40.7. The number of fused-ring (bicyclic) bond motifs is 4. The summed E-state index contributed by atoms with van der Waals surface area (Å²) in [6.45, 7) is 0. The van der Waals surface area contributed by atoms with Gasteiger partial charge in [0.05, 0.1) is 11.6 Å². The summed E-state index contributed by atoms with van der Waals surface area (Å²) in [4.78, 5) is 15.1. The normalized spacial score (nSPS) is 11.4. The van der Waals surface area contributed by atoms with Gasteiger partial charge in [-0.2, -0.15) is 5.26 Å². The van der Waals surface area contributed by atoms with Gasteiger partial charge in [0.2, 0.25) is 0 Å². The molecule has 70 heavy (non-hydrogen) atoms. The van der Waals surface area contributed by atoms with Crippen LogP contribution >= 0.6 is 0 Å². The van der Waals surface area contributed by atoms with E-state index in [1.807, 2.05) is 36.4 Å². The van der Waals surface area contributed by atoms with E-state index in [-0.39, 0.29) is 0 Å². The van der Waals surface area contributed by atoms with E-state index in [1.54, 1.807) is 0 Å². The zero-order chi connectivity index (χ0) is 46.5. The summed E-state index contributed by atoms with van der Waals surface area (Å²) < 4.78 is 0. The van der Waals surface area contributed by atoms with Crippen molar-refractivity contribution in [3.63, 3.8) is 0 Å². The molecule has 1 aliphatic rings. The summed E-state index contributed by atoms with van der Waals surface area (Å²) in [6, 6.07) is 87.6. The predicted octanol–water partition coefficient (Wildman–Crippen LogP) is 17.0. The van der Waals surface area contributed by atoms with Gasteiger partial charge in [0.25, 0.3) is 0 Å². The molecule has 1 aliphatic carbocycles. The molecule has 1 heterocycles. The quantitative estimate of drug-likeness (QED) is 0.152. The Morgan fingerprint density at radius 3 is 1.39 bits per heavy atom. The third-order valence-corrected chi connectivity index (χ3v) is 13.8. The molecule has 0 aliphatic heterocycles. The van der Waals surface area contributed by atoms with Crippen molar-refractivity contribution in [3.05, 3.63) is 248 Å². The molecule has 0 radical (unpaired) electrons. The largest absolute Gasteiger partial charge is 0.208 e. The molecule has 11 aromatic carbocycles. The monoisotopic (exact) mass is 888 g/mol. The number of hydrogen-bond donors (Lipinski definition) is 0. The van der Waals surface area contributed by atoms with Crippen LogP contribution < -0.4 is 0 Å². The minimum absolute atomic E-state index is 0.610. The lowest BCUT2D eigenvalue weighted by Gasteiger charge is -2.16. The third kappa shape index (κ3) is 7.04. The van der Waals surface area contributed by atoms with Crippen LogP contribution in [0.25, 0.3) is 134 Å². The first-order valence-electron chi connectivity index (χ1n) is 23.6. The summed E-state index contributed by atoms with van der Waals surface area (Å²) in [5.74, 6) is 1.85. The molecular formula is C66H40N4. The Labute approximate surface area is 406 Å². The topological polar surface area (TPSA) is 62.5 Å². The first-order valence-corrected chi connectivity index (χ1v) is 23.6. The smallest absolute Gasteiger partial charge is 0.164 e. The highest BCUT2D eigenvalue weighted by molar-refractivity contribution is 6.19. The maximum absolute atomic E-state index is 10.5. The minimum Gasteiger partial charge on any atom is -0.208 e. The Kier molecular flexibility index (Phi) is 9.85. The molecule has 4 nitrogen and oxygen atoms in total. The molecule has 0 saturated heterocycles. The molecule has 324 valence electrons. The molecule has 0 atom stereocenters.